The summed E-state index contributed by atoms with van der Waals surface area (Å²) in [5, 5.41) is 4.34. The lowest BCUT2D eigenvalue weighted by atomic mass is 10.0. The summed E-state index contributed by atoms with van der Waals surface area (Å²) in [6.07, 6.45) is 3.35. The minimum absolute atomic E-state index is 0.0628. The van der Waals surface area contributed by atoms with Gasteiger partial charge in [-0.05, 0) is 45.2 Å². The van der Waals surface area contributed by atoms with Crippen molar-refractivity contribution in [3.05, 3.63) is 17.5 Å². The van der Waals surface area contributed by atoms with Crippen molar-refractivity contribution in [1.82, 2.24) is 14.7 Å². The van der Waals surface area contributed by atoms with Gasteiger partial charge in [-0.3, -0.25) is 9.48 Å². The van der Waals surface area contributed by atoms with Gasteiger partial charge in [0.25, 0.3) is 5.91 Å². The summed E-state index contributed by atoms with van der Waals surface area (Å²) in [7, 11) is 1.89. The van der Waals surface area contributed by atoms with Crippen molar-refractivity contribution in [2.45, 2.75) is 45.7 Å². The predicted octanol–water partition coefficient (Wildman–Crippen LogP) is 1.41. The number of aromatic nitrogens is 2. The summed E-state index contributed by atoms with van der Waals surface area (Å²) in [5.74, 6) is 0.501. The molecule has 1 aromatic rings. The first-order valence-corrected chi connectivity index (χ1v) is 7.10. The van der Waals surface area contributed by atoms with Gasteiger partial charge in [-0.15, -0.1) is 0 Å². The summed E-state index contributed by atoms with van der Waals surface area (Å²) in [5.41, 5.74) is 7.38. The quantitative estimate of drug-likeness (QED) is 0.894. The molecule has 0 aliphatic heterocycles. The molecule has 1 aliphatic carbocycles. The number of carbonyl (C=O) groups excluding carboxylic acids is 1. The number of nitrogens with zero attached hydrogens (tertiary/aromatic N) is 3. The number of hydrogen-bond donors (Lipinski definition) is 1. The standard InChI is InChI=1S/C14H24N4O/c1-4-18-13(8-10(2)16-18)14(19)17(3)12-7-5-6-11(12)9-15/h8,11-12H,4-7,9,15H2,1-3H3. The molecule has 1 fully saturated rings. The molecule has 1 saturated carbocycles. The Labute approximate surface area is 114 Å². The van der Waals surface area contributed by atoms with Crippen LogP contribution in [-0.2, 0) is 6.54 Å². The topological polar surface area (TPSA) is 64.2 Å². The third-order valence-electron chi connectivity index (χ3n) is 4.16. The van der Waals surface area contributed by atoms with E-state index in [0.717, 1.165) is 25.0 Å². The summed E-state index contributed by atoms with van der Waals surface area (Å²) in [4.78, 5) is 14.5. The Kier molecular flexibility index (Phi) is 4.24. The molecular weight excluding hydrogens is 240 g/mol. The summed E-state index contributed by atoms with van der Waals surface area (Å²) in [6.45, 7) is 5.30. The van der Waals surface area contributed by atoms with Crippen LogP contribution in [0.25, 0.3) is 0 Å². The number of amides is 1. The second-order valence-electron chi connectivity index (χ2n) is 5.40. The number of hydrogen-bond acceptors (Lipinski definition) is 3. The smallest absolute Gasteiger partial charge is 0.272 e. The van der Waals surface area contributed by atoms with Crippen molar-refractivity contribution in [3.8, 4) is 0 Å². The lowest BCUT2D eigenvalue weighted by Crippen LogP contribution is -2.42. The molecule has 0 radical (unpaired) electrons. The molecule has 1 amide bonds. The number of rotatable bonds is 4. The van der Waals surface area contributed by atoms with Gasteiger partial charge in [0.2, 0.25) is 0 Å². The number of aryl methyl sites for hydroxylation is 2. The molecule has 2 N–H and O–H groups in total. The minimum Gasteiger partial charge on any atom is -0.337 e. The van der Waals surface area contributed by atoms with E-state index < -0.39 is 0 Å². The first-order valence-electron chi connectivity index (χ1n) is 7.10. The molecule has 2 unspecified atom stereocenters. The minimum atomic E-state index is 0.0628. The van der Waals surface area contributed by atoms with Crippen molar-refractivity contribution >= 4 is 5.91 Å². The lowest BCUT2D eigenvalue weighted by molar-refractivity contribution is 0.0687. The molecule has 0 aromatic carbocycles. The molecule has 2 atom stereocenters. The van der Waals surface area contributed by atoms with E-state index in [1.165, 1.54) is 0 Å². The molecule has 19 heavy (non-hydrogen) atoms. The maximum absolute atomic E-state index is 12.6. The van der Waals surface area contributed by atoms with Crippen LogP contribution in [0.15, 0.2) is 6.07 Å². The maximum atomic E-state index is 12.6. The van der Waals surface area contributed by atoms with Gasteiger partial charge in [-0.25, -0.2) is 0 Å². The van der Waals surface area contributed by atoms with E-state index in [2.05, 4.69) is 5.10 Å². The van der Waals surface area contributed by atoms with Gasteiger partial charge in [-0.1, -0.05) is 6.42 Å². The number of nitrogens with two attached hydrogens (primary N) is 1. The normalized spacial score (nSPS) is 22.7. The highest BCUT2D eigenvalue weighted by Crippen LogP contribution is 2.29. The van der Waals surface area contributed by atoms with E-state index in [0.29, 0.717) is 24.7 Å². The second kappa shape index (κ2) is 5.74. The highest BCUT2D eigenvalue weighted by atomic mass is 16.2. The highest BCUT2D eigenvalue weighted by molar-refractivity contribution is 5.92. The van der Waals surface area contributed by atoms with E-state index in [4.69, 9.17) is 5.73 Å². The molecule has 2 rings (SSSR count). The second-order valence-corrected chi connectivity index (χ2v) is 5.40. The molecular formula is C14H24N4O. The van der Waals surface area contributed by atoms with Gasteiger partial charge in [0.15, 0.2) is 0 Å². The first-order chi connectivity index (χ1) is 9.08. The van der Waals surface area contributed by atoms with E-state index in [1.807, 2.05) is 31.9 Å². The molecule has 1 heterocycles. The van der Waals surface area contributed by atoms with Crippen LogP contribution in [0.2, 0.25) is 0 Å². The van der Waals surface area contributed by atoms with Crippen molar-refractivity contribution < 1.29 is 4.79 Å². The molecule has 0 saturated heterocycles. The van der Waals surface area contributed by atoms with Crippen LogP contribution in [0.4, 0.5) is 0 Å². The van der Waals surface area contributed by atoms with E-state index in [1.54, 1.807) is 4.68 Å². The molecule has 0 spiro atoms. The zero-order chi connectivity index (χ0) is 14.0. The fourth-order valence-corrected chi connectivity index (χ4v) is 3.09. The van der Waals surface area contributed by atoms with Gasteiger partial charge in [0.05, 0.1) is 5.69 Å². The van der Waals surface area contributed by atoms with Crippen LogP contribution in [-0.4, -0.2) is 40.2 Å². The van der Waals surface area contributed by atoms with Crippen LogP contribution in [0, 0.1) is 12.8 Å². The third-order valence-corrected chi connectivity index (χ3v) is 4.16. The largest absolute Gasteiger partial charge is 0.337 e. The molecule has 106 valence electrons. The summed E-state index contributed by atoms with van der Waals surface area (Å²) in [6, 6.07) is 2.15. The SMILES string of the molecule is CCn1nc(C)cc1C(=O)N(C)C1CCCC1CN. The van der Waals surface area contributed by atoms with Gasteiger partial charge in [-0.2, -0.15) is 5.10 Å². The van der Waals surface area contributed by atoms with Gasteiger partial charge < -0.3 is 10.6 Å². The fourth-order valence-electron chi connectivity index (χ4n) is 3.09. The Bertz CT molecular complexity index is 454. The van der Waals surface area contributed by atoms with E-state index >= 15 is 0 Å². The number of carbonyl (C=O) groups is 1. The Hall–Kier alpha value is -1.36. The molecule has 5 nitrogen and oxygen atoms in total. The van der Waals surface area contributed by atoms with Crippen molar-refractivity contribution in [1.29, 1.82) is 0 Å². The van der Waals surface area contributed by atoms with Gasteiger partial charge in [0, 0.05) is 19.6 Å². The average Bonchev–Trinajstić information content (AvgIpc) is 3.02. The average molecular weight is 264 g/mol. The zero-order valence-electron chi connectivity index (χ0n) is 12.1. The summed E-state index contributed by atoms with van der Waals surface area (Å²) < 4.78 is 1.78. The Balaban J connectivity index is 2.18. The van der Waals surface area contributed by atoms with Crippen molar-refractivity contribution in [3.63, 3.8) is 0 Å². The molecule has 1 aromatic heterocycles. The summed E-state index contributed by atoms with van der Waals surface area (Å²) >= 11 is 0. The highest BCUT2D eigenvalue weighted by Gasteiger charge is 2.33. The maximum Gasteiger partial charge on any atom is 0.272 e. The van der Waals surface area contributed by atoms with Gasteiger partial charge in [0.1, 0.15) is 5.69 Å². The van der Waals surface area contributed by atoms with Crippen LogP contribution < -0.4 is 5.73 Å². The Morgan fingerprint density at radius 3 is 2.95 bits per heavy atom. The van der Waals surface area contributed by atoms with Gasteiger partial charge >= 0.3 is 0 Å². The molecule has 1 aliphatic rings. The predicted molar refractivity (Wildman–Crippen MR) is 74.9 cm³/mol. The molecule has 0 bridgehead atoms. The van der Waals surface area contributed by atoms with Crippen molar-refractivity contribution in [2.75, 3.05) is 13.6 Å². The Morgan fingerprint density at radius 1 is 1.58 bits per heavy atom. The molecule has 5 heteroatoms. The first kappa shape index (κ1) is 14.1. The van der Waals surface area contributed by atoms with E-state index in [-0.39, 0.29) is 11.9 Å². The van der Waals surface area contributed by atoms with Crippen LogP contribution in [0.3, 0.4) is 0 Å². The van der Waals surface area contributed by atoms with E-state index in [9.17, 15) is 4.79 Å². The Morgan fingerprint density at radius 2 is 2.32 bits per heavy atom. The van der Waals surface area contributed by atoms with Crippen LogP contribution in [0.1, 0.15) is 42.4 Å². The van der Waals surface area contributed by atoms with Crippen LogP contribution >= 0.6 is 0 Å². The third kappa shape index (κ3) is 2.66. The zero-order valence-corrected chi connectivity index (χ0v) is 12.1. The monoisotopic (exact) mass is 264 g/mol. The lowest BCUT2D eigenvalue weighted by Gasteiger charge is -2.29. The van der Waals surface area contributed by atoms with Crippen LogP contribution in [0.5, 0.6) is 0 Å². The fraction of sp³-hybridized carbons (Fsp3) is 0.714. The van der Waals surface area contributed by atoms with Crippen molar-refractivity contribution in [2.24, 2.45) is 11.7 Å².